The van der Waals surface area contributed by atoms with Crippen LogP contribution in [-0.2, 0) is 4.74 Å². The summed E-state index contributed by atoms with van der Waals surface area (Å²) in [6.07, 6.45) is 0.124. The zero-order valence-electron chi connectivity index (χ0n) is 10.1. The molecule has 1 N–H and O–H groups in total. The summed E-state index contributed by atoms with van der Waals surface area (Å²) < 4.78 is 16.8. The lowest BCUT2D eigenvalue weighted by Crippen LogP contribution is -2.41. The van der Waals surface area contributed by atoms with E-state index < -0.39 is 0 Å². The molecule has 114 valence electrons. The topological polar surface area (TPSA) is 39.7 Å². The van der Waals surface area contributed by atoms with Crippen LogP contribution in [0.15, 0.2) is 24.3 Å². The molecule has 0 saturated carbocycles. The van der Waals surface area contributed by atoms with Gasteiger partial charge in [0.25, 0.3) is 0 Å². The summed E-state index contributed by atoms with van der Waals surface area (Å²) >= 11 is 0. The van der Waals surface area contributed by atoms with Crippen LogP contribution in [0, 0.1) is 0 Å². The third kappa shape index (κ3) is 5.49. The van der Waals surface area contributed by atoms with Gasteiger partial charge >= 0.3 is 0 Å². The summed E-state index contributed by atoms with van der Waals surface area (Å²) in [6, 6.07) is 7.72. The highest BCUT2D eigenvalue weighted by atomic mass is 16.5. The van der Waals surface area contributed by atoms with Gasteiger partial charge in [0.05, 0.1) is 13.2 Å². The highest BCUT2D eigenvalue weighted by Crippen LogP contribution is 2.26. The predicted molar refractivity (Wildman–Crippen MR) is 83.4 cm³/mol. The van der Waals surface area contributed by atoms with E-state index in [9.17, 15) is 0 Å². The fourth-order valence-electron chi connectivity index (χ4n) is 1.75. The fourth-order valence-corrected chi connectivity index (χ4v) is 1.75. The van der Waals surface area contributed by atoms with E-state index in [1.54, 1.807) is 0 Å². The molecule has 0 radical (unpaired) electrons. The van der Waals surface area contributed by atoms with Crippen LogP contribution >= 0.6 is 0 Å². The van der Waals surface area contributed by atoms with Crippen molar-refractivity contribution in [3.63, 3.8) is 0 Å². The van der Waals surface area contributed by atoms with Crippen LogP contribution in [0.1, 0.15) is 24.6 Å². The van der Waals surface area contributed by atoms with Crippen LogP contribution in [0.5, 0.6) is 11.5 Å². The minimum Gasteiger partial charge on any atom is -0.490 e. The molecule has 0 amide bonds. The van der Waals surface area contributed by atoms with Crippen molar-refractivity contribution in [3.8, 4) is 11.5 Å². The van der Waals surface area contributed by atoms with Crippen molar-refractivity contribution in [1.29, 1.82) is 0 Å². The molecule has 0 bridgehead atoms. The molecule has 1 aromatic rings. The van der Waals surface area contributed by atoms with Crippen LogP contribution in [0.4, 0.5) is 0 Å². The molecule has 1 saturated heterocycles. The molecule has 1 aliphatic heterocycles. The lowest BCUT2D eigenvalue weighted by molar-refractivity contribution is -0.000350. The zero-order chi connectivity index (χ0) is 11.9. The number of hydrogen-bond donors (Lipinski definition) is 1. The summed E-state index contributed by atoms with van der Waals surface area (Å²) in [4.78, 5) is 0. The number of morpholine rings is 1. The first-order chi connectivity index (χ1) is 8.40. The van der Waals surface area contributed by atoms with E-state index in [2.05, 4.69) is 5.32 Å². The van der Waals surface area contributed by atoms with Crippen LogP contribution in [0.25, 0.3) is 0 Å². The third-order valence-corrected chi connectivity index (χ3v) is 2.58. The van der Waals surface area contributed by atoms with E-state index >= 15 is 0 Å². The van der Waals surface area contributed by atoms with E-state index in [4.69, 9.17) is 14.2 Å². The number of rotatable bonds is 5. The van der Waals surface area contributed by atoms with E-state index in [1.807, 2.05) is 31.2 Å². The quantitative estimate of drug-likeness (QED) is 0.894. The minimum absolute atomic E-state index is 0. The molecule has 1 atom stereocenters. The third-order valence-electron chi connectivity index (χ3n) is 2.58. The first-order valence-electron chi connectivity index (χ1n) is 6.07. The standard InChI is InChI=1S/C13H19NO3.2CH4.2H2/c1-2-15-12-5-3-4-6-13(12)17-10-11-9-14-7-8-16-11;;;;/h3-6,11,14H,2,7-10H2,1H3;2*1H4;2*1H. The molecular weight excluding hydrogens is 242 g/mol. The van der Waals surface area contributed by atoms with Gasteiger partial charge in [0, 0.05) is 15.9 Å². The number of nitrogens with one attached hydrogen (secondary N) is 1. The normalized spacial score (nSPS) is 17.8. The zero-order valence-corrected chi connectivity index (χ0v) is 10.1. The fraction of sp³-hybridized carbons (Fsp3) is 0.600. The Morgan fingerprint density at radius 1 is 1.26 bits per heavy atom. The maximum Gasteiger partial charge on any atom is 0.161 e. The molecule has 4 heteroatoms. The largest absolute Gasteiger partial charge is 0.490 e. The van der Waals surface area contributed by atoms with Crippen LogP contribution < -0.4 is 14.8 Å². The first kappa shape index (κ1) is 17.7. The summed E-state index contributed by atoms with van der Waals surface area (Å²) in [5, 5.41) is 3.27. The molecule has 1 aliphatic rings. The molecule has 1 heterocycles. The Hall–Kier alpha value is -1.26. The summed E-state index contributed by atoms with van der Waals surface area (Å²) in [5.41, 5.74) is 0. The van der Waals surface area contributed by atoms with Crippen LogP contribution in [0.3, 0.4) is 0 Å². The van der Waals surface area contributed by atoms with Crippen molar-refractivity contribution in [3.05, 3.63) is 24.3 Å². The maximum absolute atomic E-state index is 5.74. The van der Waals surface area contributed by atoms with Crippen LogP contribution in [0.2, 0.25) is 0 Å². The summed E-state index contributed by atoms with van der Waals surface area (Å²) in [7, 11) is 0. The van der Waals surface area contributed by atoms with Gasteiger partial charge in [-0.15, -0.1) is 0 Å². The van der Waals surface area contributed by atoms with Gasteiger partial charge in [0.2, 0.25) is 0 Å². The molecule has 0 spiro atoms. The van der Waals surface area contributed by atoms with Gasteiger partial charge in [-0.2, -0.15) is 0 Å². The second-order valence-corrected chi connectivity index (χ2v) is 3.89. The minimum atomic E-state index is 0. The Balaban J connectivity index is -0.000000810. The summed E-state index contributed by atoms with van der Waals surface area (Å²) in [5.74, 6) is 1.57. The van der Waals surface area contributed by atoms with E-state index in [1.165, 1.54) is 0 Å². The highest BCUT2D eigenvalue weighted by Gasteiger charge is 2.14. The van der Waals surface area contributed by atoms with Crippen molar-refractivity contribution < 1.29 is 17.1 Å². The second-order valence-electron chi connectivity index (χ2n) is 3.89. The Bertz CT molecular complexity index is 347. The van der Waals surface area contributed by atoms with Gasteiger partial charge in [-0.1, -0.05) is 27.0 Å². The monoisotopic (exact) mass is 273 g/mol. The first-order valence-corrected chi connectivity index (χ1v) is 6.07. The second kappa shape index (κ2) is 9.64. The van der Waals surface area contributed by atoms with Gasteiger partial charge < -0.3 is 19.5 Å². The van der Waals surface area contributed by atoms with Gasteiger partial charge in [-0.25, -0.2) is 0 Å². The average Bonchev–Trinajstić information content (AvgIpc) is 2.39. The van der Waals surface area contributed by atoms with Gasteiger partial charge in [-0.3, -0.25) is 0 Å². The molecule has 1 unspecified atom stereocenters. The Kier molecular flexibility index (Phi) is 9.00. The molecule has 0 aromatic heterocycles. The average molecular weight is 273 g/mol. The van der Waals surface area contributed by atoms with Crippen molar-refractivity contribution >= 4 is 0 Å². The Morgan fingerprint density at radius 3 is 2.53 bits per heavy atom. The Labute approximate surface area is 120 Å². The number of para-hydroxylation sites is 2. The molecule has 1 fully saturated rings. The SMILES string of the molecule is C.C.CCOc1ccccc1OCC1CNCCO1.[HH].[HH]. The molecular formula is C15H31NO3. The number of benzene rings is 1. The van der Waals surface area contributed by atoms with Crippen LogP contribution in [-0.4, -0.2) is 39.0 Å². The lowest BCUT2D eigenvalue weighted by atomic mass is 10.3. The highest BCUT2D eigenvalue weighted by molar-refractivity contribution is 5.39. The van der Waals surface area contributed by atoms with Crippen molar-refractivity contribution in [1.82, 2.24) is 5.32 Å². The van der Waals surface area contributed by atoms with E-state index in [-0.39, 0.29) is 23.8 Å². The predicted octanol–water partition coefficient (Wildman–Crippen LogP) is 3.22. The lowest BCUT2D eigenvalue weighted by Gasteiger charge is -2.24. The molecule has 2 rings (SSSR count). The molecule has 19 heavy (non-hydrogen) atoms. The van der Waals surface area contributed by atoms with Crippen molar-refractivity contribution in [2.75, 3.05) is 32.9 Å². The van der Waals surface area contributed by atoms with Gasteiger partial charge in [0.15, 0.2) is 11.5 Å². The van der Waals surface area contributed by atoms with Gasteiger partial charge in [-0.05, 0) is 19.1 Å². The number of ether oxygens (including phenoxy) is 3. The van der Waals surface area contributed by atoms with Gasteiger partial charge in [0.1, 0.15) is 12.7 Å². The smallest absolute Gasteiger partial charge is 0.161 e. The molecule has 1 aromatic carbocycles. The molecule has 4 nitrogen and oxygen atoms in total. The maximum atomic E-state index is 5.74. The van der Waals surface area contributed by atoms with Crippen molar-refractivity contribution in [2.24, 2.45) is 0 Å². The number of hydrogen-bond acceptors (Lipinski definition) is 4. The molecule has 0 aliphatic carbocycles. The van der Waals surface area contributed by atoms with Crippen molar-refractivity contribution in [2.45, 2.75) is 27.9 Å². The Morgan fingerprint density at radius 2 is 1.95 bits per heavy atom. The van der Waals surface area contributed by atoms with E-state index in [0.717, 1.165) is 31.2 Å². The van der Waals surface area contributed by atoms with E-state index in [0.29, 0.717) is 13.2 Å². The summed E-state index contributed by atoms with van der Waals surface area (Å²) in [6.45, 7) is 5.67.